The van der Waals surface area contributed by atoms with Gasteiger partial charge in [-0.1, -0.05) is 5.21 Å². The number of amides is 1. The second kappa shape index (κ2) is 5.99. The summed E-state index contributed by atoms with van der Waals surface area (Å²) in [5.41, 5.74) is 6.80. The number of nitrogens with zero attached hydrogens (tertiary/aromatic N) is 4. The number of carbonyl (C=O) groups excluding carboxylic acids is 1. The van der Waals surface area contributed by atoms with E-state index in [0.29, 0.717) is 29.3 Å². The van der Waals surface area contributed by atoms with Gasteiger partial charge in [0.2, 0.25) is 5.91 Å². The predicted octanol–water partition coefficient (Wildman–Crippen LogP) is -0.223. The highest BCUT2D eigenvalue weighted by Crippen LogP contribution is 2.10. The zero-order valence-corrected chi connectivity index (χ0v) is 11.3. The minimum Gasteiger partial charge on any atom is -0.480 e. The normalized spacial score (nSPS) is 10.3. The van der Waals surface area contributed by atoms with Crippen molar-refractivity contribution in [1.82, 2.24) is 20.0 Å². The molecule has 4 N–H and O–H groups in total. The quantitative estimate of drug-likeness (QED) is 0.668. The minimum atomic E-state index is -0.995. The maximum Gasteiger partial charge on any atom is 0.325 e. The van der Waals surface area contributed by atoms with Crippen molar-refractivity contribution >= 4 is 17.7 Å². The van der Waals surface area contributed by atoms with E-state index in [0.717, 1.165) is 0 Å². The molecule has 0 aliphatic heterocycles. The van der Waals surface area contributed by atoms with Gasteiger partial charge in [-0.15, -0.1) is 5.10 Å². The van der Waals surface area contributed by atoms with Crippen LogP contribution in [-0.2, 0) is 17.9 Å². The maximum absolute atomic E-state index is 11.2. The van der Waals surface area contributed by atoms with E-state index in [9.17, 15) is 9.59 Å². The number of rotatable bonds is 6. The number of carboxylic acids is 1. The average molecular weight is 290 g/mol. The van der Waals surface area contributed by atoms with Gasteiger partial charge in [0.25, 0.3) is 0 Å². The molecule has 2 aromatic rings. The third-order valence-electron chi connectivity index (χ3n) is 2.57. The summed E-state index contributed by atoms with van der Waals surface area (Å²) in [6, 6.07) is 3.13. The Morgan fingerprint density at radius 3 is 2.86 bits per heavy atom. The maximum atomic E-state index is 11.2. The van der Waals surface area contributed by atoms with Crippen molar-refractivity contribution in [3.63, 3.8) is 0 Å². The fraction of sp³-hybridized carbons (Fsp3) is 0.250. The van der Waals surface area contributed by atoms with Crippen LogP contribution in [0, 0.1) is 6.92 Å². The number of primary amides is 1. The van der Waals surface area contributed by atoms with Crippen LogP contribution in [0.15, 0.2) is 18.3 Å². The molecule has 21 heavy (non-hydrogen) atoms. The average Bonchev–Trinajstić information content (AvgIpc) is 2.82. The molecule has 0 aromatic carbocycles. The summed E-state index contributed by atoms with van der Waals surface area (Å²) in [7, 11) is 0. The zero-order valence-electron chi connectivity index (χ0n) is 11.3. The molecule has 0 saturated carbocycles. The van der Waals surface area contributed by atoms with Crippen LogP contribution in [0.25, 0.3) is 0 Å². The van der Waals surface area contributed by atoms with Gasteiger partial charge in [-0.25, -0.2) is 9.67 Å². The Bertz CT molecular complexity index is 681. The highest BCUT2D eigenvalue weighted by molar-refractivity contribution is 5.93. The number of carbonyl (C=O) groups is 2. The summed E-state index contributed by atoms with van der Waals surface area (Å²) in [6.07, 6.45) is 1.52. The van der Waals surface area contributed by atoms with Gasteiger partial charge in [0.1, 0.15) is 18.1 Å². The monoisotopic (exact) mass is 290 g/mol. The van der Waals surface area contributed by atoms with E-state index in [4.69, 9.17) is 10.8 Å². The summed E-state index contributed by atoms with van der Waals surface area (Å²) in [6.45, 7) is 1.80. The van der Waals surface area contributed by atoms with E-state index < -0.39 is 11.9 Å². The summed E-state index contributed by atoms with van der Waals surface area (Å²) in [5, 5.41) is 19.1. The van der Waals surface area contributed by atoms with Gasteiger partial charge in [-0.05, 0) is 19.1 Å². The molecule has 0 atom stereocenters. The number of aromatic nitrogens is 4. The molecule has 0 fully saturated rings. The number of carboxylic acid groups (broad SMARTS) is 1. The lowest BCUT2D eigenvalue weighted by Crippen LogP contribution is -2.13. The van der Waals surface area contributed by atoms with Crippen LogP contribution in [0.3, 0.4) is 0 Å². The van der Waals surface area contributed by atoms with E-state index in [1.54, 1.807) is 13.0 Å². The second-order valence-electron chi connectivity index (χ2n) is 4.40. The standard InChI is InChI=1S/C12H14N6O3/c1-7-2-8(12(13)21)3-10(15-7)14-4-9-5-18(17-16-9)6-11(19)20/h2-3,5H,4,6H2,1H3,(H2,13,21)(H,14,15)(H,19,20). The molecule has 0 spiro atoms. The van der Waals surface area contributed by atoms with Gasteiger partial charge in [0.05, 0.1) is 12.7 Å². The molecule has 0 bridgehead atoms. The first kappa shape index (κ1) is 14.4. The fourth-order valence-corrected chi connectivity index (χ4v) is 1.72. The first-order valence-electron chi connectivity index (χ1n) is 6.07. The Kier molecular flexibility index (Phi) is 4.12. The highest BCUT2D eigenvalue weighted by atomic mass is 16.4. The zero-order chi connectivity index (χ0) is 15.4. The second-order valence-corrected chi connectivity index (χ2v) is 4.40. The largest absolute Gasteiger partial charge is 0.480 e. The van der Waals surface area contributed by atoms with Crippen LogP contribution >= 0.6 is 0 Å². The Morgan fingerprint density at radius 2 is 2.19 bits per heavy atom. The van der Waals surface area contributed by atoms with Crippen molar-refractivity contribution in [1.29, 1.82) is 0 Å². The third kappa shape index (κ3) is 4.00. The first-order valence-corrected chi connectivity index (χ1v) is 6.07. The lowest BCUT2D eigenvalue weighted by Gasteiger charge is -2.06. The topological polar surface area (TPSA) is 136 Å². The van der Waals surface area contributed by atoms with Gasteiger partial charge in [0, 0.05) is 11.3 Å². The van der Waals surface area contributed by atoms with Gasteiger partial charge in [-0.2, -0.15) is 0 Å². The predicted molar refractivity (Wildman–Crippen MR) is 72.5 cm³/mol. The molecule has 0 aliphatic carbocycles. The lowest BCUT2D eigenvalue weighted by atomic mass is 10.2. The highest BCUT2D eigenvalue weighted by Gasteiger charge is 2.07. The first-order chi connectivity index (χ1) is 9.94. The molecule has 0 saturated heterocycles. The Hall–Kier alpha value is -2.97. The molecule has 9 nitrogen and oxygen atoms in total. The summed E-state index contributed by atoms with van der Waals surface area (Å²) in [5.74, 6) is -1.04. The minimum absolute atomic E-state index is 0.248. The molecular weight excluding hydrogens is 276 g/mol. The van der Waals surface area contributed by atoms with Gasteiger partial charge in [-0.3, -0.25) is 9.59 Å². The third-order valence-corrected chi connectivity index (χ3v) is 2.57. The van der Waals surface area contributed by atoms with Crippen molar-refractivity contribution in [2.45, 2.75) is 20.0 Å². The van der Waals surface area contributed by atoms with E-state index in [1.165, 1.54) is 16.9 Å². The van der Waals surface area contributed by atoms with Crippen molar-refractivity contribution < 1.29 is 14.7 Å². The van der Waals surface area contributed by atoms with Crippen LogP contribution in [-0.4, -0.2) is 37.0 Å². The number of hydrogen-bond donors (Lipinski definition) is 3. The Morgan fingerprint density at radius 1 is 1.43 bits per heavy atom. The molecule has 2 rings (SSSR count). The number of aliphatic carboxylic acids is 1. The number of anilines is 1. The van der Waals surface area contributed by atoms with Crippen LogP contribution in [0.5, 0.6) is 0 Å². The number of aryl methyl sites for hydroxylation is 1. The van der Waals surface area contributed by atoms with Crippen molar-refractivity contribution in [2.75, 3.05) is 5.32 Å². The smallest absolute Gasteiger partial charge is 0.325 e. The number of nitrogens with one attached hydrogen (secondary N) is 1. The van der Waals surface area contributed by atoms with E-state index in [-0.39, 0.29) is 6.54 Å². The molecule has 2 aromatic heterocycles. The summed E-state index contributed by atoms with van der Waals surface area (Å²) >= 11 is 0. The van der Waals surface area contributed by atoms with Crippen molar-refractivity contribution in [2.24, 2.45) is 5.73 Å². The number of pyridine rings is 1. The fourth-order valence-electron chi connectivity index (χ4n) is 1.72. The molecular formula is C12H14N6O3. The van der Waals surface area contributed by atoms with Crippen molar-refractivity contribution in [3.8, 4) is 0 Å². The SMILES string of the molecule is Cc1cc(C(N)=O)cc(NCc2cn(CC(=O)O)nn2)n1. The van der Waals surface area contributed by atoms with Crippen LogP contribution in [0.2, 0.25) is 0 Å². The van der Waals surface area contributed by atoms with Crippen molar-refractivity contribution in [3.05, 3.63) is 35.3 Å². The molecule has 0 radical (unpaired) electrons. The molecule has 9 heteroatoms. The molecule has 1 amide bonds. The molecule has 2 heterocycles. The summed E-state index contributed by atoms with van der Waals surface area (Å²) < 4.78 is 1.22. The molecule has 110 valence electrons. The Labute approximate surface area is 119 Å². The van der Waals surface area contributed by atoms with Gasteiger partial charge in [0.15, 0.2) is 0 Å². The number of hydrogen-bond acceptors (Lipinski definition) is 6. The van der Waals surface area contributed by atoms with E-state index >= 15 is 0 Å². The molecule has 0 unspecified atom stereocenters. The number of nitrogens with two attached hydrogens (primary N) is 1. The lowest BCUT2D eigenvalue weighted by molar-refractivity contribution is -0.137. The van der Waals surface area contributed by atoms with Gasteiger partial charge < -0.3 is 16.2 Å². The van der Waals surface area contributed by atoms with Crippen LogP contribution in [0.1, 0.15) is 21.7 Å². The van der Waals surface area contributed by atoms with Crippen LogP contribution in [0.4, 0.5) is 5.82 Å². The van der Waals surface area contributed by atoms with Gasteiger partial charge >= 0.3 is 5.97 Å². The Balaban J connectivity index is 2.04. The summed E-state index contributed by atoms with van der Waals surface area (Å²) in [4.78, 5) is 25.9. The van der Waals surface area contributed by atoms with E-state index in [2.05, 4.69) is 20.6 Å². The molecule has 0 aliphatic rings. The van der Waals surface area contributed by atoms with E-state index in [1.807, 2.05) is 0 Å². The van der Waals surface area contributed by atoms with Crippen LogP contribution < -0.4 is 11.1 Å².